The first-order chi connectivity index (χ1) is 9.29. The van der Waals surface area contributed by atoms with E-state index in [1.165, 1.54) is 38.5 Å². The molecule has 0 aromatic carbocycles. The fraction of sp³-hybridized carbons (Fsp3) is 0.750. The Labute approximate surface area is 116 Å². The van der Waals surface area contributed by atoms with Gasteiger partial charge in [-0.2, -0.15) is 5.10 Å². The number of rotatable bonds is 7. The van der Waals surface area contributed by atoms with Crippen LogP contribution in [0.25, 0.3) is 0 Å². The minimum absolute atomic E-state index is 0.336. The molecule has 0 unspecified atom stereocenters. The zero-order chi connectivity index (χ0) is 13.5. The summed E-state index contributed by atoms with van der Waals surface area (Å²) >= 11 is 0. The quantitative estimate of drug-likeness (QED) is 0.694. The van der Waals surface area contributed by atoms with Crippen molar-refractivity contribution < 1.29 is 4.79 Å². The molecule has 1 aliphatic carbocycles. The smallest absolute Gasteiger partial charge is 0.138 e. The van der Waals surface area contributed by atoms with Crippen molar-refractivity contribution in [3.8, 4) is 0 Å². The molecule has 2 rings (SSSR count). The van der Waals surface area contributed by atoms with Gasteiger partial charge in [0, 0.05) is 12.6 Å². The van der Waals surface area contributed by atoms with E-state index in [4.69, 9.17) is 0 Å². The summed E-state index contributed by atoms with van der Waals surface area (Å²) in [5.74, 6) is 0.336. The first kappa shape index (κ1) is 14.3. The van der Waals surface area contributed by atoms with Gasteiger partial charge in [0.15, 0.2) is 0 Å². The Balaban J connectivity index is 1.81. The second kappa shape index (κ2) is 7.46. The highest BCUT2D eigenvalue weighted by Gasteiger charge is 2.16. The number of carbonyl (C=O) groups is 1. The van der Waals surface area contributed by atoms with Crippen molar-refractivity contribution in [2.24, 2.45) is 0 Å². The molecule has 0 saturated heterocycles. The number of ketones is 1. The number of hydrogen-bond acceptors (Lipinski definition) is 2. The highest BCUT2D eigenvalue weighted by Crippen LogP contribution is 2.27. The second-order valence-electron chi connectivity index (χ2n) is 5.75. The van der Waals surface area contributed by atoms with Crippen LogP contribution in [0.1, 0.15) is 76.4 Å². The molecule has 19 heavy (non-hydrogen) atoms. The maximum absolute atomic E-state index is 11.8. The predicted octanol–water partition coefficient (Wildman–Crippen LogP) is 4.08. The zero-order valence-electron chi connectivity index (χ0n) is 12.1. The lowest BCUT2D eigenvalue weighted by molar-refractivity contribution is -0.118. The summed E-state index contributed by atoms with van der Waals surface area (Å²) in [6, 6.07) is 2.59. The monoisotopic (exact) mass is 262 g/mol. The maximum atomic E-state index is 11.8. The van der Waals surface area contributed by atoms with Gasteiger partial charge in [0.1, 0.15) is 5.78 Å². The average Bonchev–Trinajstić information content (AvgIpc) is 2.88. The minimum Gasteiger partial charge on any atom is -0.299 e. The van der Waals surface area contributed by atoms with Gasteiger partial charge in [-0.1, -0.05) is 39.0 Å². The lowest BCUT2D eigenvalue weighted by Gasteiger charge is -2.21. The molecule has 1 fully saturated rings. The summed E-state index contributed by atoms with van der Waals surface area (Å²) in [5, 5.41) is 4.60. The van der Waals surface area contributed by atoms with Crippen LogP contribution in [0.3, 0.4) is 0 Å². The molecule has 3 heteroatoms. The number of unbranched alkanes of at least 4 members (excludes halogenated alkanes) is 2. The predicted molar refractivity (Wildman–Crippen MR) is 77.2 cm³/mol. The van der Waals surface area contributed by atoms with Crippen LogP contribution in [0.2, 0.25) is 0 Å². The Hall–Kier alpha value is -1.12. The van der Waals surface area contributed by atoms with Crippen molar-refractivity contribution in [2.75, 3.05) is 0 Å². The van der Waals surface area contributed by atoms with E-state index in [-0.39, 0.29) is 0 Å². The van der Waals surface area contributed by atoms with Gasteiger partial charge in [-0.05, 0) is 25.3 Å². The lowest BCUT2D eigenvalue weighted by atomic mass is 9.96. The molecule has 1 aromatic rings. The third-order valence-electron chi connectivity index (χ3n) is 4.05. The third kappa shape index (κ3) is 4.48. The molecule has 106 valence electrons. The van der Waals surface area contributed by atoms with Gasteiger partial charge >= 0.3 is 0 Å². The highest BCUT2D eigenvalue weighted by molar-refractivity contribution is 5.80. The lowest BCUT2D eigenvalue weighted by Crippen LogP contribution is -2.14. The normalized spacial score (nSPS) is 16.7. The van der Waals surface area contributed by atoms with Gasteiger partial charge in [0.25, 0.3) is 0 Å². The minimum atomic E-state index is 0.336. The summed E-state index contributed by atoms with van der Waals surface area (Å²) in [7, 11) is 0. The Morgan fingerprint density at radius 3 is 2.84 bits per heavy atom. The summed E-state index contributed by atoms with van der Waals surface area (Å²) in [6.45, 7) is 2.16. The van der Waals surface area contributed by atoms with Crippen LogP contribution in [-0.4, -0.2) is 15.6 Å². The first-order valence-corrected chi connectivity index (χ1v) is 7.85. The van der Waals surface area contributed by atoms with Crippen LogP contribution in [0, 0.1) is 0 Å². The Morgan fingerprint density at radius 2 is 2.11 bits per heavy atom. The van der Waals surface area contributed by atoms with Crippen molar-refractivity contribution >= 4 is 5.78 Å². The fourth-order valence-electron chi connectivity index (χ4n) is 2.88. The molecule has 0 aliphatic heterocycles. The number of Topliss-reactive ketones (excluding diaryl/α,β-unsaturated/α-hetero) is 1. The number of nitrogens with zero attached hydrogens (tertiary/aromatic N) is 2. The topological polar surface area (TPSA) is 34.9 Å². The van der Waals surface area contributed by atoms with Gasteiger partial charge in [-0.3, -0.25) is 9.48 Å². The molecular weight excluding hydrogens is 236 g/mol. The summed E-state index contributed by atoms with van der Waals surface area (Å²) in [5.41, 5.74) is 0.951. The van der Waals surface area contributed by atoms with E-state index in [0.717, 1.165) is 18.5 Å². The van der Waals surface area contributed by atoms with E-state index in [1.54, 1.807) is 0 Å². The first-order valence-electron chi connectivity index (χ1n) is 7.85. The Bertz CT molecular complexity index is 391. The van der Waals surface area contributed by atoms with Crippen molar-refractivity contribution in [3.05, 3.63) is 18.0 Å². The van der Waals surface area contributed by atoms with E-state index < -0.39 is 0 Å². The van der Waals surface area contributed by atoms with Crippen LogP contribution in [0.4, 0.5) is 0 Å². The highest BCUT2D eigenvalue weighted by atomic mass is 16.1. The molecule has 0 bridgehead atoms. The van der Waals surface area contributed by atoms with Crippen LogP contribution in [0.15, 0.2) is 12.3 Å². The van der Waals surface area contributed by atoms with E-state index in [1.807, 2.05) is 6.07 Å². The van der Waals surface area contributed by atoms with Crippen molar-refractivity contribution in [2.45, 2.75) is 77.2 Å². The molecule has 1 heterocycles. The van der Waals surface area contributed by atoms with E-state index in [2.05, 4.69) is 22.9 Å². The summed E-state index contributed by atoms with van der Waals surface area (Å²) in [4.78, 5) is 11.8. The Morgan fingerprint density at radius 1 is 1.32 bits per heavy atom. The van der Waals surface area contributed by atoms with Crippen LogP contribution < -0.4 is 0 Å². The van der Waals surface area contributed by atoms with Crippen LogP contribution >= 0.6 is 0 Å². The number of carbonyl (C=O) groups excluding carboxylic acids is 1. The van der Waals surface area contributed by atoms with E-state index in [9.17, 15) is 4.79 Å². The third-order valence-corrected chi connectivity index (χ3v) is 4.05. The van der Waals surface area contributed by atoms with Crippen molar-refractivity contribution in [1.29, 1.82) is 0 Å². The van der Waals surface area contributed by atoms with E-state index in [0.29, 0.717) is 24.7 Å². The molecule has 0 N–H and O–H groups in total. The second-order valence-corrected chi connectivity index (χ2v) is 5.75. The van der Waals surface area contributed by atoms with Gasteiger partial charge in [-0.15, -0.1) is 0 Å². The average molecular weight is 262 g/mol. The molecule has 0 amide bonds. The van der Waals surface area contributed by atoms with E-state index >= 15 is 0 Å². The van der Waals surface area contributed by atoms with Crippen LogP contribution in [0.5, 0.6) is 0 Å². The molecule has 1 aliphatic rings. The number of hydrogen-bond donors (Lipinski definition) is 0. The molecular formula is C16H26N2O. The zero-order valence-corrected chi connectivity index (χ0v) is 12.1. The van der Waals surface area contributed by atoms with Gasteiger partial charge in [-0.25, -0.2) is 0 Å². The molecule has 0 atom stereocenters. The fourth-order valence-corrected chi connectivity index (χ4v) is 2.88. The van der Waals surface area contributed by atoms with Crippen molar-refractivity contribution in [3.63, 3.8) is 0 Å². The number of aromatic nitrogens is 2. The van der Waals surface area contributed by atoms with Gasteiger partial charge in [0.05, 0.1) is 18.2 Å². The maximum Gasteiger partial charge on any atom is 0.138 e. The summed E-state index contributed by atoms with van der Waals surface area (Å²) in [6.07, 6.45) is 13.1. The molecule has 0 spiro atoms. The molecule has 1 aromatic heterocycles. The standard InChI is InChI=1S/C16H26N2O/c1-2-3-5-10-16(19)13-14-11-12-18(17-14)15-8-6-4-7-9-15/h11-12,15H,2-10,13H2,1H3. The molecule has 1 saturated carbocycles. The SMILES string of the molecule is CCCCCC(=O)Cc1ccn(C2CCCCC2)n1. The van der Waals surface area contributed by atoms with Crippen LogP contribution in [-0.2, 0) is 11.2 Å². The Kier molecular flexibility index (Phi) is 5.62. The van der Waals surface area contributed by atoms with Crippen molar-refractivity contribution in [1.82, 2.24) is 9.78 Å². The summed E-state index contributed by atoms with van der Waals surface area (Å²) < 4.78 is 2.09. The molecule has 3 nitrogen and oxygen atoms in total. The van der Waals surface area contributed by atoms with Gasteiger partial charge in [0.2, 0.25) is 0 Å². The molecule has 0 radical (unpaired) electrons. The largest absolute Gasteiger partial charge is 0.299 e. The van der Waals surface area contributed by atoms with Gasteiger partial charge < -0.3 is 0 Å².